The number of hydrogen-bond donors (Lipinski definition) is 1. The van der Waals surface area contributed by atoms with Crippen molar-refractivity contribution in [1.82, 2.24) is 4.90 Å². The molecule has 1 saturated carbocycles. The van der Waals surface area contributed by atoms with E-state index >= 15 is 0 Å². The summed E-state index contributed by atoms with van der Waals surface area (Å²) >= 11 is 0. The minimum absolute atomic E-state index is 0.449. The molecule has 0 radical (unpaired) electrons. The molecule has 112 valence electrons. The molecule has 2 heteroatoms. The first-order valence-electron chi connectivity index (χ1n) is 8.57. The largest absolute Gasteiger partial charge is 0.327 e. The summed E-state index contributed by atoms with van der Waals surface area (Å²) in [6.45, 7) is 9.74. The van der Waals surface area contributed by atoms with E-state index in [0.29, 0.717) is 6.04 Å². The minimum atomic E-state index is 0.449. The van der Waals surface area contributed by atoms with Gasteiger partial charge in [-0.15, -0.1) is 0 Å². The van der Waals surface area contributed by atoms with Gasteiger partial charge in [0.1, 0.15) is 0 Å². The Morgan fingerprint density at radius 2 is 1.89 bits per heavy atom. The average Bonchev–Trinajstić information content (AvgIpc) is 2.57. The summed E-state index contributed by atoms with van der Waals surface area (Å²) in [6, 6.07) is 1.22. The van der Waals surface area contributed by atoms with Gasteiger partial charge in [0.25, 0.3) is 0 Å². The highest BCUT2D eigenvalue weighted by molar-refractivity contribution is 4.87. The van der Waals surface area contributed by atoms with Crippen LogP contribution >= 0.6 is 0 Å². The molecule has 0 aromatic rings. The summed E-state index contributed by atoms with van der Waals surface area (Å²) in [5.41, 5.74) is 6.42. The van der Waals surface area contributed by atoms with Crippen LogP contribution in [-0.4, -0.2) is 30.1 Å². The lowest BCUT2D eigenvalue weighted by Gasteiger charge is -2.40. The minimum Gasteiger partial charge on any atom is -0.327 e. The van der Waals surface area contributed by atoms with Crippen LogP contribution < -0.4 is 5.73 Å². The monoisotopic (exact) mass is 266 g/mol. The highest BCUT2D eigenvalue weighted by Crippen LogP contribution is 2.34. The normalized spacial score (nSPS) is 38.4. The first kappa shape index (κ1) is 15.3. The summed E-state index contributed by atoms with van der Waals surface area (Å²) in [7, 11) is 0. The van der Waals surface area contributed by atoms with Gasteiger partial charge in [0.2, 0.25) is 0 Å². The van der Waals surface area contributed by atoms with E-state index in [2.05, 4.69) is 25.7 Å². The molecule has 1 aliphatic carbocycles. The van der Waals surface area contributed by atoms with Crippen molar-refractivity contribution >= 4 is 0 Å². The number of hydrogen-bond acceptors (Lipinski definition) is 2. The number of likely N-dealkylation sites (tertiary alicyclic amines) is 1. The van der Waals surface area contributed by atoms with Crippen molar-refractivity contribution in [3.8, 4) is 0 Å². The standard InChI is InChI=1S/C17H34N2/c1-13(2)15-8-9-17(18)16(11-15)12-19-10-6-4-5-7-14(19)3/h13-17H,4-12,18H2,1-3H3. The molecule has 2 fully saturated rings. The van der Waals surface area contributed by atoms with Gasteiger partial charge in [0, 0.05) is 18.6 Å². The van der Waals surface area contributed by atoms with Crippen molar-refractivity contribution < 1.29 is 0 Å². The zero-order chi connectivity index (χ0) is 13.8. The van der Waals surface area contributed by atoms with E-state index in [-0.39, 0.29) is 0 Å². The summed E-state index contributed by atoms with van der Waals surface area (Å²) in [6.07, 6.45) is 9.58. The molecule has 0 aromatic carbocycles. The van der Waals surface area contributed by atoms with Gasteiger partial charge >= 0.3 is 0 Å². The van der Waals surface area contributed by atoms with Crippen molar-refractivity contribution in [3.63, 3.8) is 0 Å². The van der Waals surface area contributed by atoms with Crippen molar-refractivity contribution in [2.45, 2.75) is 77.8 Å². The van der Waals surface area contributed by atoms with Crippen molar-refractivity contribution in [2.24, 2.45) is 23.5 Å². The lowest BCUT2D eigenvalue weighted by molar-refractivity contribution is 0.116. The molecular formula is C17H34N2. The Morgan fingerprint density at radius 3 is 2.63 bits per heavy atom. The van der Waals surface area contributed by atoms with Gasteiger partial charge in [-0.25, -0.2) is 0 Å². The van der Waals surface area contributed by atoms with Gasteiger partial charge in [0.15, 0.2) is 0 Å². The Hall–Kier alpha value is -0.0800. The van der Waals surface area contributed by atoms with E-state index in [1.54, 1.807) is 0 Å². The molecule has 2 rings (SSSR count). The third-order valence-electron chi connectivity index (χ3n) is 5.68. The second kappa shape index (κ2) is 7.08. The fourth-order valence-corrected chi connectivity index (χ4v) is 4.05. The maximum absolute atomic E-state index is 6.42. The maximum atomic E-state index is 6.42. The summed E-state index contributed by atoms with van der Waals surface area (Å²) in [4.78, 5) is 2.74. The molecule has 2 aliphatic rings. The van der Waals surface area contributed by atoms with E-state index < -0.39 is 0 Å². The lowest BCUT2D eigenvalue weighted by atomic mass is 9.73. The quantitative estimate of drug-likeness (QED) is 0.845. The fraction of sp³-hybridized carbons (Fsp3) is 1.00. The highest BCUT2D eigenvalue weighted by atomic mass is 15.2. The summed E-state index contributed by atoms with van der Waals surface area (Å²) in [5.74, 6) is 2.48. The Bertz CT molecular complexity index is 264. The number of rotatable bonds is 3. The van der Waals surface area contributed by atoms with E-state index in [1.165, 1.54) is 58.0 Å². The Kier molecular flexibility index (Phi) is 5.70. The molecule has 0 spiro atoms. The van der Waals surface area contributed by atoms with Crippen LogP contribution in [0, 0.1) is 17.8 Å². The first-order chi connectivity index (χ1) is 9.08. The SMILES string of the molecule is CC(C)C1CCC(N)C(CN2CCCCCC2C)C1. The van der Waals surface area contributed by atoms with Gasteiger partial charge in [0.05, 0.1) is 0 Å². The molecule has 2 N–H and O–H groups in total. The maximum Gasteiger partial charge on any atom is 0.00795 e. The Balaban J connectivity index is 1.91. The van der Waals surface area contributed by atoms with Gasteiger partial charge in [-0.1, -0.05) is 26.7 Å². The summed E-state index contributed by atoms with van der Waals surface area (Å²) in [5, 5.41) is 0. The molecular weight excluding hydrogens is 232 g/mol. The molecule has 0 bridgehead atoms. The van der Waals surface area contributed by atoms with Crippen LogP contribution in [0.3, 0.4) is 0 Å². The molecule has 2 nitrogen and oxygen atoms in total. The van der Waals surface area contributed by atoms with Crippen molar-refractivity contribution in [3.05, 3.63) is 0 Å². The van der Waals surface area contributed by atoms with Gasteiger partial charge in [-0.3, -0.25) is 0 Å². The third-order valence-corrected chi connectivity index (χ3v) is 5.68. The Labute approximate surface area is 120 Å². The third kappa shape index (κ3) is 4.19. The second-order valence-corrected chi connectivity index (χ2v) is 7.43. The average molecular weight is 266 g/mol. The summed E-state index contributed by atoms with van der Waals surface area (Å²) < 4.78 is 0. The van der Waals surface area contributed by atoms with Gasteiger partial charge < -0.3 is 10.6 Å². The molecule has 19 heavy (non-hydrogen) atoms. The van der Waals surface area contributed by atoms with Gasteiger partial charge in [-0.05, 0) is 63.3 Å². The predicted octanol–water partition coefficient (Wildman–Crippen LogP) is 3.65. The molecule has 4 unspecified atom stereocenters. The van der Waals surface area contributed by atoms with E-state index in [4.69, 9.17) is 5.73 Å². The molecule has 0 amide bonds. The van der Waals surface area contributed by atoms with Crippen molar-refractivity contribution in [2.75, 3.05) is 13.1 Å². The van der Waals surface area contributed by atoms with Crippen LogP contribution in [-0.2, 0) is 0 Å². The fourth-order valence-electron chi connectivity index (χ4n) is 4.05. The van der Waals surface area contributed by atoms with Crippen LogP contribution in [0.5, 0.6) is 0 Å². The molecule has 1 heterocycles. The lowest BCUT2D eigenvalue weighted by Crippen LogP contribution is -2.46. The molecule has 0 aromatic heterocycles. The van der Waals surface area contributed by atoms with E-state index in [1.807, 2.05) is 0 Å². The van der Waals surface area contributed by atoms with Crippen LogP contribution in [0.2, 0.25) is 0 Å². The van der Waals surface area contributed by atoms with Crippen molar-refractivity contribution in [1.29, 1.82) is 0 Å². The van der Waals surface area contributed by atoms with Crippen LogP contribution in [0.1, 0.15) is 65.7 Å². The number of nitrogens with two attached hydrogens (primary N) is 1. The number of nitrogens with zero attached hydrogens (tertiary/aromatic N) is 1. The zero-order valence-electron chi connectivity index (χ0n) is 13.3. The van der Waals surface area contributed by atoms with E-state index in [0.717, 1.165) is 23.8 Å². The molecule has 1 saturated heterocycles. The molecule has 4 atom stereocenters. The zero-order valence-corrected chi connectivity index (χ0v) is 13.3. The second-order valence-electron chi connectivity index (χ2n) is 7.43. The predicted molar refractivity (Wildman–Crippen MR) is 83.1 cm³/mol. The van der Waals surface area contributed by atoms with Crippen LogP contribution in [0.25, 0.3) is 0 Å². The smallest absolute Gasteiger partial charge is 0.00795 e. The first-order valence-corrected chi connectivity index (χ1v) is 8.57. The van der Waals surface area contributed by atoms with Crippen LogP contribution in [0.15, 0.2) is 0 Å². The van der Waals surface area contributed by atoms with Crippen LogP contribution in [0.4, 0.5) is 0 Å². The van der Waals surface area contributed by atoms with E-state index in [9.17, 15) is 0 Å². The Morgan fingerprint density at radius 1 is 1.11 bits per heavy atom. The van der Waals surface area contributed by atoms with Gasteiger partial charge in [-0.2, -0.15) is 0 Å². The topological polar surface area (TPSA) is 29.3 Å². The molecule has 1 aliphatic heterocycles. The highest BCUT2D eigenvalue weighted by Gasteiger charge is 2.31.